The van der Waals surface area contributed by atoms with Crippen LogP contribution in [0.5, 0.6) is 5.75 Å². The van der Waals surface area contributed by atoms with E-state index in [4.69, 9.17) is 27.9 Å². The molecule has 0 aliphatic rings. The maximum atomic E-state index is 12.4. The van der Waals surface area contributed by atoms with Crippen LogP contribution in [0, 0.1) is 6.92 Å². The van der Waals surface area contributed by atoms with Crippen LogP contribution < -0.4 is 10.1 Å². The zero-order valence-electron chi connectivity index (χ0n) is 14.1. The fourth-order valence-corrected chi connectivity index (χ4v) is 2.76. The minimum atomic E-state index is -0.201. The smallest absolute Gasteiger partial charge is 0.255 e. The van der Waals surface area contributed by atoms with Gasteiger partial charge in [-0.3, -0.25) is 4.79 Å². The van der Waals surface area contributed by atoms with E-state index in [1.54, 1.807) is 36.4 Å². The molecule has 3 rings (SSSR count). The van der Waals surface area contributed by atoms with Gasteiger partial charge in [0.25, 0.3) is 5.91 Å². The largest absolute Gasteiger partial charge is 0.489 e. The van der Waals surface area contributed by atoms with Crippen molar-refractivity contribution in [1.82, 2.24) is 0 Å². The zero-order valence-corrected chi connectivity index (χ0v) is 15.6. The lowest BCUT2D eigenvalue weighted by atomic mass is 10.1. The number of hydrogen-bond donors (Lipinski definition) is 1. The summed E-state index contributed by atoms with van der Waals surface area (Å²) in [5, 5.41) is 4.12. The van der Waals surface area contributed by atoms with Gasteiger partial charge in [0, 0.05) is 26.9 Å². The molecular weight excluding hydrogens is 369 g/mol. The molecule has 1 N–H and O–H groups in total. The fourth-order valence-electron chi connectivity index (χ4n) is 2.40. The highest BCUT2D eigenvalue weighted by molar-refractivity contribution is 6.31. The summed E-state index contributed by atoms with van der Waals surface area (Å²) in [6, 6.07) is 19.9. The highest BCUT2D eigenvalue weighted by Crippen LogP contribution is 2.22. The number of aryl methyl sites for hydroxylation is 1. The van der Waals surface area contributed by atoms with E-state index in [1.807, 2.05) is 37.3 Å². The lowest BCUT2D eigenvalue weighted by Gasteiger charge is -2.10. The molecule has 0 saturated carbocycles. The second-order valence-corrected chi connectivity index (χ2v) is 6.66. The molecule has 0 spiro atoms. The number of amides is 1. The minimum Gasteiger partial charge on any atom is -0.489 e. The summed E-state index contributed by atoms with van der Waals surface area (Å²) < 4.78 is 5.73. The number of benzene rings is 3. The molecule has 0 unspecified atom stereocenters. The second kappa shape index (κ2) is 8.26. The molecule has 3 aromatic carbocycles. The first kappa shape index (κ1) is 18.3. The van der Waals surface area contributed by atoms with Gasteiger partial charge in [0.2, 0.25) is 0 Å². The van der Waals surface area contributed by atoms with Crippen LogP contribution in [0.1, 0.15) is 21.5 Å². The first-order valence-electron chi connectivity index (χ1n) is 8.07. The summed E-state index contributed by atoms with van der Waals surface area (Å²) in [7, 11) is 0. The number of ether oxygens (including phenoxy) is 1. The Hall–Kier alpha value is -2.49. The summed E-state index contributed by atoms with van der Waals surface area (Å²) >= 11 is 12.1. The van der Waals surface area contributed by atoms with Gasteiger partial charge < -0.3 is 10.1 Å². The fraction of sp³-hybridized carbons (Fsp3) is 0.0952. The highest BCUT2D eigenvalue weighted by atomic mass is 35.5. The Morgan fingerprint density at radius 1 is 1.00 bits per heavy atom. The molecule has 0 bridgehead atoms. The van der Waals surface area contributed by atoms with Crippen molar-refractivity contribution in [2.75, 3.05) is 5.32 Å². The maximum absolute atomic E-state index is 12.4. The predicted octanol–water partition coefficient (Wildman–Crippen LogP) is 6.13. The van der Waals surface area contributed by atoms with Gasteiger partial charge in [-0.1, -0.05) is 47.5 Å². The number of nitrogens with one attached hydrogen (secondary N) is 1. The molecule has 1 amide bonds. The monoisotopic (exact) mass is 385 g/mol. The van der Waals surface area contributed by atoms with Gasteiger partial charge in [-0.05, 0) is 55.0 Å². The van der Waals surface area contributed by atoms with E-state index in [1.165, 1.54) is 0 Å². The van der Waals surface area contributed by atoms with E-state index in [2.05, 4.69) is 5.32 Å². The Balaban J connectivity index is 1.64. The van der Waals surface area contributed by atoms with Crippen LogP contribution in [0.4, 0.5) is 5.69 Å². The molecule has 5 heteroatoms. The number of hydrogen-bond acceptors (Lipinski definition) is 2. The van der Waals surface area contributed by atoms with Crippen LogP contribution >= 0.6 is 23.2 Å². The molecule has 0 atom stereocenters. The van der Waals surface area contributed by atoms with Crippen LogP contribution in [-0.2, 0) is 6.61 Å². The van der Waals surface area contributed by atoms with E-state index in [-0.39, 0.29) is 5.91 Å². The Morgan fingerprint density at radius 2 is 1.73 bits per heavy atom. The maximum Gasteiger partial charge on any atom is 0.255 e. The zero-order chi connectivity index (χ0) is 18.5. The van der Waals surface area contributed by atoms with Crippen molar-refractivity contribution < 1.29 is 9.53 Å². The third-order valence-corrected chi connectivity index (χ3v) is 4.52. The molecule has 0 aromatic heterocycles. The van der Waals surface area contributed by atoms with Gasteiger partial charge in [-0.2, -0.15) is 0 Å². The van der Waals surface area contributed by atoms with Gasteiger partial charge >= 0.3 is 0 Å². The second-order valence-electron chi connectivity index (χ2n) is 5.82. The molecule has 132 valence electrons. The first-order valence-corrected chi connectivity index (χ1v) is 8.82. The van der Waals surface area contributed by atoms with E-state index in [0.717, 1.165) is 11.1 Å². The molecule has 3 nitrogen and oxygen atoms in total. The number of rotatable bonds is 5. The average molecular weight is 386 g/mol. The Bertz CT molecular complexity index is 924. The van der Waals surface area contributed by atoms with Crippen LogP contribution in [0.3, 0.4) is 0 Å². The summed E-state index contributed by atoms with van der Waals surface area (Å²) in [5.74, 6) is 0.466. The van der Waals surface area contributed by atoms with Crippen molar-refractivity contribution in [2.24, 2.45) is 0 Å². The highest BCUT2D eigenvalue weighted by Gasteiger charge is 2.09. The standard InChI is InChI=1S/C21H17Cl2NO2/c1-14-6-9-17(22)12-20(14)24-21(25)15-7-10-18(11-8-15)26-13-16-4-2-3-5-19(16)23/h2-12H,13H2,1H3,(H,24,25). The van der Waals surface area contributed by atoms with Crippen molar-refractivity contribution in [3.05, 3.63) is 93.5 Å². The molecular formula is C21H17Cl2NO2. The first-order chi connectivity index (χ1) is 12.5. The number of halogens is 2. The van der Waals surface area contributed by atoms with E-state index < -0.39 is 0 Å². The molecule has 0 heterocycles. The van der Waals surface area contributed by atoms with Crippen molar-refractivity contribution >= 4 is 34.8 Å². The average Bonchev–Trinajstić information content (AvgIpc) is 2.64. The Kier molecular flexibility index (Phi) is 5.82. The van der Waals surface area contributed by atoms with Crippen molar-refractivity contribution in [1.29, 1.82) is 0 Å². The van der Waals surface area contributed by atoms with Crippen LogP contribution in [0.2, 0.25) is 10.0 Å². The van der Waals surface area contributed by atoms with E-state index >= 15 is 0 Å². The molecule has 3 aromatic rings. The Morgan fingerprint density at radius 3 is 2.46 bits per heavy atom. The van der Waals surface area contributed by atoms with Gasteiger partial charge in [0.15, 0.2) is 0 Å². The normalized spacial score (nSPS) is 10.4. The molecule has 0 aliphatic heterocycles. The van der Waals surface area contributed by atoms with Gasteiger partial charge in [0.1, 0.15) is 12.4 Å². The van der Waals surface area contributed by atoms with Crippen molar-refractivity contribution in [2.45, 2.75) is 13.5 Å². The number of carbonyl (C=O) groups is 1. The number of anilines is 1. The van der Waals surface area contributed by atoms with Gasteiger partial charge in [0.05, 0.1) is 0 Å². The van der Waals surface area contributed by atoms with Crippen molar-refractivity contribution in [3.8, 4) is 5.75 Å². The van der Waals surface area contributed by atoms with E-state index in [0.29, 0.717) is 33.7 Å². The summed E-state index contributed by atoms with van der Waals surface area (Å²) in [6.07, 6.45) is 0. The molecule has 0 aliphatic carbocycles. The van der Waals surface area contributed by atoms with Crippen molar-refractivity contribution in [3.63, 3.8) is 0 Å². The SMILES string of the molecule is Cc1ccc(Cl)cc1NC(=O)c1ccc(OCc2ccccc2Cl)cc1. The third-order valence-electron chi connectivity index (χ3n) is 3.92. The van der Waals surface area contributed by atoms with Crippen LogP contribution in [0.25, 0.3) is 0 Å². The predicted molar refractivity (Wildman–Crippen MR) is 106 cm³/mol. The van der Waals surface area contributed by atoms with Gasteiger partial charge in [-0.25, -0.2) is 0 Å². The molecule has 0 saturated heterocycles. The Labute approximate surface area is 162 Å². The minimum absolute atomic E-state index is 0.201. The molecule has 0 fully saturated rings. The summed E-state index contributed by atoms with van der Waals surface area (Å²) in [5.41, 5.74) is 3.09. The lowest BCUT2D eigenvalue weighted by Crippen LogP contribution is -2.12. The summed E-state index contributed by atoms with van der Waals surface area (Å²) in [6.45, 7) is 2.28. The lowest BCUT2D eigenvalue weighted by molar-refractivity contribution is 0.102. The summed E-state index contributed by atoms with van der Waals surface area (Å²) in [4.78, 5) is 12.4. The molecule has 0 radical (unpaired) electrons. The number of carbonyl (C=O) groups excluding carboxylic acids is 1. The van der Waals surface area contributed by atoms with Gasteiger partial charge in [-0.15, -0.1) is 0 Å². The topological polar surface area (TPSA) is 38.3 Å². The van der Waals surface area contributed by atoms with Crippen LogP contribution in [-0.4, -0.2) is 5.91 Å². The van der Waals surface area contributed by atoms with Crippen LogP contribution in [0.15, 0.2) is 66.7 Å². The molecule has 26 heavy (non-hydrogen) atoms. The quantitative estimate of drug-likeness (QED) is 0.573. The third kappa shape index (κ3) is 4.57. The van der Waals surface area contributed by atoms with E-state index in [9.17, 15) is 4.79 Å².